The molecular weight excluding hydrogens is 306 g/mol. The third-order valence-electron chi connectivity index (χ3n) is 4.43. The molecule has 0 atom stereocenters. The highest BCUT2D eigenvalue weighted by Crippen LogP contribution is 2.29. The number of imidazole rings is 1. The number of benzene rings is 1. The summed E-state index contributed by atoms with van der Waals surface area (Å²) in [5.41, 5.74) is 9.73. The highest BCUT2D eigenvalue weighted by molar-refractivity contribution is 6.06. The molecule has 126 valence electrons. The summed E-state index contributed by atoms with van der Waals surface area (Å²) in [5.74, 6) is 1.29. The molecule has 1 saturated heterocycles. The standard InChI is InChI=1S/C17H21N5O2/c18-17-16-15(20-14(21-16)2-1-7-23)12-4-3-11(10-13(12)19-17)22-5-8-24-9-6-22/h3-4,10,23H,1-2,5-9H2,(H2,18,19)(H,20,21). The third kappa shape index (κ3) is 2.65. The van der Waals surface area contributed by atoms with Gasteiger partial charge in [-0.2, -0.15) is 0 Å². The lowest BCUT2D eigenvalue weighted by Gasteiger charge is -2.28. The maximum atomic E-state index is 8.99. The van der Waals surface area contributed by atoms with Crippen molar-refractivity contribution in [2.45, 2.75) is 12.8 Å². The van der Waals surface area contributed by atoms with Crippen molar-refractivity contribution in [1.29, 1.82) is 0 Å². The number of nitrogens with zero attached hydrogens (tertiary/aromatic N) is 3. The maximum Gasteiger partial charge on any atom is 0.150 e. The summed E-state index contributed by atoms with van der Waals surface area (Å²) in [5, 5.41) is 9.98. The second kappa shape index (κ2) is 6.26. The minimum Gasteiger partial charge on any atom is -0.396 e. The third-order valence-corrected chi connectivity index (χ3v) is 4.43. The Morgan fingerprint density at radius 1 is 1.25 bits per heavy atom. The predicted octanol–water partition coefficient (Wildman–Crippen LogP) is 1.45. The minimum atomic E-state index is 0.147. The van der Waals surface area contributed by atoms with Gasteiger partial charge in [-0.25, -0.2) is 9.97 Å². The van der Waals surface area contributed by atoms with E-state index in [1.54, 1.807) is 0 Å². The lowest BCUT2D eigenvalue weighted by molar-refractivity contribution is 0.122. The summed E-state index contributed by atoms with van der Waals surface area (Å²) in [4.78, 5) is 14.7. The van der Waals surface area contributed by atoms with Crippen LogP contribution in [0.5, 0.6) is 0 Å². The molecule has 1 aromatic carbocycles. The molecule has 3 heterocycles. The number of hydrogen-bond acceptors (Lipinski definition) is 6. The van der Waals surface area contributed by atoms with Crippen molar-refractivity contribution < 1.29 is 9.84 Å². The SMILES string of the molecule is Nc1nc2cc(N3CCOCC3)ccc2c2nc(CCCO)[nH]c12. The van der Waals surface area contributed by atoms with Gasteiger partial charge in [-0.3, -0.25) is 0 Å². The molecule has 7 nitrogen and oxygen atoms in total. The summed E-state index contributed by atoms with van der Waals surface area (Å²) < 4.78 is 5.41. The quantitative estimate of drug-likeness (QED) is 0.671. The fourth-order valence-corrected chi connectivity index (χ4v) is 3.18. The van der Waals surface area contributed by atoms with Gasteiger partial charge in [-0.1, -0.05) is 0 Å². The summed E-state index contributed by atoms with van der Waals surface area (Å²) in [6.45, 7) is 3.42. The van der Waals surface area contributed by atoms with Crippen LogP contribution in [0.4, 0.5) is 11.5 Å². The van der Waals surface area contributed by atoms with E-state index in [9.17, 15) is 0 Å². The lowest BCUT2D eigenvalue weighted by atomic mass is 10.1. The topological polar surface area (TPSA) is 100 Å². The molecule has 24 heavy (non-hydrogen) atoms. The molecule has 4 rings (SSSR count). The zero-order valence-corrected chi connectivity index (χ0v) is 13.5. The molecule has 1 aliphatic rings. The van der Waals surface area contributed by atoms with E-state index >= 15 is 0 Å². The number of hydrogen-bond donors (Lipinski definition) is 3. The highest BCUT2D eigenvalue weighted by Gasteiger charge is 2.15. The number of morpholine rings is 1. The van der Waals surface area contributed by atoms with Gasteiger partial charge in [0.25, 0.3) is 0 Å². The Morgan fingerprint density at radius 3 is 2.88 bits per heavy atom. The first kappa shape index (κ1) is 15.2. The predicted molar refractivity (Wildman–Crippen MR) is 94.2 cm³/mol. The fraction of sp³-hybridized carbons (Fsp3) is 0.412. The Labute approximate surface area is 139 Å². The van der Waals surface area contributed by atoms with Crippen molar-refractivity contribution in [2.24, 2.45) is 0 Å². The van der Waals surface area contributed by atoms with Crippen LogP contribution < -0.4 is 10.6 Å². The summed E-state index contributed by atoms with van der Waals surface area (Å²) >= 11 is 0. The molecule has 7 heteroatoms. The van der Waals surface area contributed by atoms with Crippen LogP contribution in [0.3, 0.4) is 0 Å². The number of anilines is 2. The number of aliphatic hydroxyl groups is 1. The lowest BCUT2D eigenvalue weighted by Crippen LogP contribution is -2.36. The fourth-order valence-electron chi connectivity index (χ4n) is 3.18. The number of H-pyrrole nitrogens is 1. The summed E-state index contributed by atoms with van der Waals surface area (Å²) in [6.07, 6.45) is 1.37. The number of aromatic amines is 1. The highest BCUT2D eigenvalue weighted by atomic mass is 16.5. The van der Waals surface area contributed by atoms with E-state index in [0.717, 1.165) is 59.8 Å². The van der Waals surface area contributed by atoms with E-state index < -0.39 is 0 Å². The number of nitrogens with one attached hydrogen (secondary N) is 1. The van der Waals surface area contributed by atoms with Gasteiger partial charge in [-0.15, -0.1) is 0 Å². The van der Waals surface area contributed by atoms with Gasteiger partial charge in [0.1, 0.15) is 22.7 Å². The summed E-state index contributed by atoms with van der Waals surface area (Å²) in [7, 11) is 0. The van der Waals surface area contributed by atoms with Crippen molar-refractivity contribution >= 4 is 33.4 Å². The Morgan fingerprint density at radius 2 is 2.08 bits per heavy atom. The van der Waals surface area contributed by atoms with Gasteiger partial charge in [0.15, 0.2) is 0 Å². The minimum absolute atomic E-state index is 0.147. The van der Waals surface area contributed by atoms with Gasteiger partial charge < -0.3 is 25.5 Å². The van der Waals surface area contributed by atoms with Crippen molar-refractivity contribution in [3.63, 3.8) is 0 Å². The Balaban J connectivity index is 1.78. The average Bonchev–Trinajstić information content (AvgIpc) is 3.05. The number of aryl methyl sites for hydroxylation is 1. The number of rotatable bonds is 4. The maximum absolute atomic E-state index is 8.99. The van der Waals surface area contributed by atoms with E-state index in [2.05, 4.69) is 38.1 Å². The van der Waals surface area contributed by atoms with Gasteiger partial charge in [-0.05, 0) is 24.6 Å². The van der Waals surface area contributed by atoms with E-state index in [0.29, 0.717) is 18.7 Å². The zero-order chi connectivity index (χ0) is 16.5. The largest absolute Gasteiger partial charge is 0.396 e. The molecule has 0 amide bonds. The first-order chi connectivity index (χ1) is 11.8. The molecule has 4 N–H and O–H groups in total. The molecule has 0 unspecified atom stereocenters. The summed E-state index contributed by atoms with van der Waals surface area (Å²) in [6, 6.07) is 6.23. The van der Waals surface area contributed by atoms with E-state index in [4.69, 9.17) is 15.6 Å². The molecular formula is C17H21N5O2. The van der Waals surface area contributed by atoms with Crippen molar-refractivity contribution in [2.75, 3.05) is 43.5 Å². The molecule has 1 fully saturated rings. The molecule has 0 saturated carbocycles. The number of aromatic nitrogens is 3. The van der Waals surface area contributed by atoms with Gasteiger partial charge in [0.2, 0.25) is 0 Å². The van der Waals surface area contributed by atoms with Crippen LogP contribution in [-0.2, 0) is 11.2 Å². The van der Waals surface area contributed by atoms with E-state index in [-0.39, 0.29) is 6.61 Å². The zero-order valence-electron chi connectivity index (χ0n) is 13.5. The first-order valence-electron chi connectivity index (χ1n) is 8.27. The molecule has 0 aliphatic carbocycles. The van der Waals surface area contributed by atoms with Gasteiger partial charge >= 0.3 is 0 Å². The molecule has 2 aromatic heterocycles. The van der Waals surface area contributed by atoms with Crippen molar-refractivity contribution in [3.05, 3.63) is 24.0 Å². The van der Waals surface area contributed by atoms with E-state index in [1.807, 2.05) is 0 Å². The average molecular weight is 327 g/mol. The van der Waals surface area contributed by atoms with Crippen LogP contribution in [0, 0.1) is 0 Å². The van der Waals surface area contributed by atoms with Crippen LogP contribution in [0.15, 0.2) is 18.2 Å². The number of ether oxygens (including phenoxy) is 1. The normalized spacial score (nSPS) is 15.5. The Bertz CT molecular complexity index is 870. The number of aliphatic hydroxyl groups excluding tert-OH is 1. The number of pyridine rings is 1. The molecule has 0 bridgehead atoms. The second-order valence-electron chi connectivity index (χ2n) is 6.03. The Hall–Kier alpha value is -2.38. The smallest absolute Gasteiger partial charge is 0.150 e. The number of nitrogen functional groups attached to an aromatic ring is 1. The van der Waals surface area contributed by atoms with Crippen LogP contribution in [-0.4, -0.2) is 53.0 Å². The van der Waals surface area contributed by atoms with E-state index in [1.165, 1.54) is 0 Å². The second-order valence-corrected chi connectivity index (χ2v) is 6.03. The van der Waals surface area contributed by atoms with Gasteiger partial charge in [0, 0.05) is 37.2 Å². The van der Waals surface area contributed by atoms with Crippen LogP contribution in [0.2, 0.25) is 0 Å². The number of nitrogens with two attached hydrogens (primary N) is 1. The number of fused-ring (bicyclic) bond motifs is 3. The van der Waals surface area contributed by atoms with Crippen molar-refractivity contribution in [1.82, 2.24) is 15.0 Å². The Kier molecular flexibility index (Phi) is 3.95. The molecule has 1 aliphatic heterocycles. The molecule has 3 aromatic rings. The molecule has 0 radical (unpaired) electrons. The molecule has 0 spiro atoms. The van der Waals surface area contributed by atoms with Gasteiger partial charge in [0.05, 0.1) is 18.7 Å². The first-order valence-corrected chi connectivity index (χ1v) is 8.27. The van der Waals surface area contributed by atoms with Crippen LogP contribution >= 0.6 is 0 Å². The van der Waals surface area contributed by atoms with Crippen LogP contribution in [0.1, 0.15) is 12.2 Å². The van der Waals surface area contributed by atoms with Crippen molar-refractivity contribution in [3.8, 4) is 0 Å². The monoisotopic (exact) mass is 327 g/mol. The van der Waals surface area contributed by atoms with Crippen LogP contribution in [0.25, 0.3) is 21.9 Å².